The van der Waals surface area contributed by atoms with Gasteiger partial charge in [-0.15, -0.1) is 0 Å². The summed E-state index contributed by atoms with van der Waals surface area (Å²) in [5.41, 5.74) is 2.32. The van der Waals surface area contributed by atoms with Crippen molar-refractivity contribution in [3.8, 4) is 11.5 Å². The lowest BCUT2D eigenvalue weighted by atomic mass is 9.64. The molecule has 0 fully saturated rings. The number of rotatable bonds is 4. The maximum atomic E-state index is 14.2. The number of halogens is 1. The van der Waals surface area contributed by atoms with Crippen molar-refractivity contribution in [2.75, 3.05) is 0 Å². The van der Waals surface area contributed by atoms with Crippen LogP contribution in [-0.2, 0) is 16.0 Å². The molecule has 1 aliphatic heterocycles. The third-order valence-corrected chi connectivity index (χ3v) is 3.78. The van der Waals surface area contributed by atoms with E-state index in [-0.39, 0.29) is 24.3 Å². The van der Waals surface area contributed by atoms with Gasteiger partial charge in [-0.2, -0.15) is 0 Å². The highest BCUT2D eigenvalue weighted by molar-refractivity contribution is 6.67. The van der Waals surface area contributed by atoms with Crippen LogP contribution in [0.3, 0.4) is 0 Å². The molecule has 0 aliphatic carbocycles. The van der Waals surface area contributed by atoms with E-state index in [0.29, 0.717) is 12.4 Å². The molecule has 0 unspecified atom stereocenters. The van der Waals surface area contributed by atoms with Crippen molar-refractivity contribution >= 4 is 18.3 Å². The van der Waals surface area contributed by atoms with Gasteiger partial charge in [-0.3, -0.25) is 0 Å². The number of benzene rings is 2. The van der Waals surface area contributed by atoms with E-state index >= 15 is 0 Å². The molecule has 0 N–H and O–H groups in total. The largest absolute Gasteiger partial charge is 0.459 e. The second-order valence-corrected chi connectivity index (χ2v) is 6.02. The summed E-state index contributed by atoms with van der Waals surface area (Å²) in [6.45, 7) is 6.06. The first-order chi connectivity index (χ1) is 11.4. The SMILES string of the molecule is CB1OCc2cc(Oc3ccc(C(=O)OC(C)C)cc3F)ccc21. The number of hydrogen-bond acceptors (Lipinski definition) is 4. The summed E-state index contributed by atoms with van der Waals surface area (Å²) in [4.78, 5) is 11.8. The summed E-state index contributed by atoms with van der Waals surface area (Å²) in [5, 5.41) is 0. The van der Waals surface area contributed by atoms with Crippen LogP contribution in [0.1, 0.15) is 29.8 Å². The quantitative estimate of drug-likeness (QED) is 0.636. The normalized spacial score (nSPS) is 13.1. The van der Waals surface area contributed by atoms with Crippen molar-refractivity contribution in [3.05, 3.63) is 53.3 Å². The fraction of sp³-hybridized carbons (Fsp3) is 0.278. The molecule has 0 amide bonds. The minimum atomic E-state index is -0.613. The van der Waals surface area contributed by atoms with E-state index in [1.54, 1.807) is 19.9 Å². The van der Waals surface area contributed by atoms with E-state index < -0.39 is 11.8 Å². The Hall–Kier alpha value is -2.34. The lowest BCUT2D eigenvalue weighted by Crippen LogP contribution is -2.23. The molecule has 0 bridgehead atoms. The predicted octanol–water partition coefficient (Wildman–Crippen LogP) is 3.54. The molecule has 2 aromatic carbocycles. The van der Waals surface area contributed by atoms with E-state index in [0.717, 1.165) is 17.1 Å². The molecule has 0 atom stereocenters. The molecule has 0 saturated carbocycles. The van der Waals surface area contributed by atoms with Crippen molar-refractivity contribution in [1.82, 2.24) is 0 Å². The van der Waals surface area contributed by atoms with Gasteiger partial charge in [-0.25, -0.2) is 9.18 Å². The molecule has 0 aromatic heterocycles. The van der Waals surface area contributed by atoms with E-state index in [1.807, 2.05) is 19.0 Å². The van der Waals surface area contributed by atoms with Crippen LogP contribution in [0.15, 0.2) is 36.4 Å². The van der Waals surface area contributed by atoms with Gasteiger partial charge >= 0.3 is 12.9 Å². The Morgan fingerprint density at radius 2 is 2.04 bits per heavy atom. The van der Waals surface area contributed by atoms with Gasteiger partial charge in [0, 0.05) is 0 Å². The Morgan fingerprint density at radius 1 is 1.25 bits per heavy atom. The highest BCUT2D eigenvalue weighted by Gasteiger charge is 2.23. The average Bonchev–Trinajstić information content (AvgIpc) is 2.89. The van der Waals surface area contributed by atoms with Crippen molar-refractivity contribution in [3.63, 3.8) is 0 Å². The number of carbonyl (C=O) groups excluding carboxylic acids is 1. The number of hydrogen-bond donors (Lipinski definition) is 0. The van der Waals surface area contributed by atoms with Crippen LogP contribution < -0.4 is 10.2 Å². The first-order valence-electron chi connectivity index (χ1n) is 7.87. The Kier molecular flexibility index (Phi) is 4.58. The summed E-state index contributed by atoms with van der Waals surface area (Å²) in [6, 6.07) is 9.59. The van der Waals surface area contributed by atoms with Gasteiger partial charge in [0.1, 0.15) is 5.75 Å². The first-order valence-corrected chi connectivity index (χ1v) is 7.87. The Bertz CT molecular complexity index is 776. The number of carbonyl (C=O) groups is 1. The maximum absolute atomic E-state index is 14.2. The van der Waals surface area contributed by atoms with Crippen LogP contribution >= 0.6 is 0 Å². The molecular formula is C18H18BFO4. The molecule has 1 heterocycles. The molecule has 3 rings (SSSR count). The van der Waals surface area contributed by atoms with Crippen LogP contribution in [0.2, 0.25) is 6.82 Å². The molecule has 24 heavy (non-hydrogen) atoms. The highest BCUT2D eigenvalue weighted by Crippen LogP contribution is 2.27. The van der Waals surface area contributed by atoms with E-state index in [2.05, 4.69) is 0 Å². The average molecular weight is 328 g/mol. The van der Waals surface area contributed by atoms with Crippen molar-refractivity contribution in [1.29, 1.82) is 0 Å². The number of ether oxygens (including phenoxy) is 2. The van der Waals surface area contributed by atoms with Gasteiger partial charge in [0.25, 0.3) is 0 Å². The monoisotopic (exact) mass is 328 g/mol. The summed E-state index contributed by atoms with van der Waals surface area (Å²) >= 11 is 0. The van der Waals surface area contributed by atoms with Crippen LogP contribution in [-0.4, -0.2) is 19.0 Å². The van der Waals surface area contributed by atoms with Gasteiger partial charge < -0.3 is 14.1 Å². The number of fused-ring (bicyclic) bond motifs is 1. The molecular weight excluding hydrogens is 310 g/mol. The van der Waals surface area contributed by atoms with Crippen molar-refractivity contribution in [2.24, 2.45) is 0 Å². The predicted molar refractivity (Wildman–Crippen MR) is 89.5 cm³/mol. The summed E-state index contributed by atoms with van der Waals surface area (Å²) < 4.78 is 30.4. The fourth-order valence-corrected chi connectivity index (χ4v) is 2.59. The molecule has 0 radical (unpaired) electrons. The summed E-state index contributed by atoms with van der Waals surface area (Å²) in [5.74, 6) is -0.580. The smallest absolute Gasteiger partial charge is 0.338 e. The summed E-state index contributed by atoms with van der Waals surface area (Å²) in [6.07, 6.45) is -0.257. The zero-order valence-electron chi connectivity index (χ0n) is 13.8. The van der Waals surface area contributed by atoms with Crippen LogP contribution in [0.4, 0.5) is 4.39 Å². The highest BCUT2D eigenvalue weighted by atomic mass is 19.1. The van der Waals surface area contributed by atoms with Crippen molar-refractivity contribution < 1.29 is 23.3 Å². The molecule has 0 spiro atoms. The van der Waals surface area contributed by atoms with E-state index in [9.17, 15) is 9.18 Å². The Labute approximate surface area is 140 Å². The fourth-order valence-electron chi connectivity index (χ4n) is 2.59. The van der Waals surface area contributed by atoms with E-state index in [1.165, 1.54) is 12.1 Å². The van der Waals surface area contributed by atoms with Gasteiger partial charge in [-0.1, -0.05) is 12.9 Å². The van der Waals surface area contributed by atoms with Gasteiger partial charge in [0.05, 0.1) is 18.3 Å². The molecule has 6 heteroatoms. The van der Waals surface area contributed by atoms with Gasteiger partial charge in [0.2, 0.25) is 0 Å². The topological polar surface area (TPSA) is 44.8 Å². The standard InChI is InChI=1S/C18H18BFO4/c1-11(2)23-18(21)12-4-7-17(16(20)9-12)24-14-5-6-15-13(8-14)10-22-19(15)3/h4-9,11H,10H2,1-3H3. The second kappa shape index (κ2) is 6.65. The van der Waals surface area contributed by atoms with Crippen molar-refractivity contribution in [2.45, 2.75) is 33.4 Å². The minimum absolute atomic E-state index is 0.0583. The maximum Gasteiger partial charge on any atom is 0.338 e. The molecule has 4 nitrogen and oxygen atoms in total. The van der Waals surface area contributed by atoms with Gasteiger partial charge in [-0.05, 0) is 55.2 Å². The molecule has 124 valence electrons. The Morgan fingerprint density at radius 3 is 2.75 bits per heavy atom. The molecule has 1 aliphatic rings. The minimum Gasteiger partial charge on any atom is -0.459 e. The third-order valence-electron chi connectivity index (χ3n) is 3.78. The zero-order valence-corrected chi connectivity index (χ0v) is 13.8. The second-order valence-electron chi connectivity index (χ2n) is 6.02. The lowest BCUT2D eigenvalue weighted by molar-refractivity contribution is 0.0377. The first kappa shape index (κ1) is 16.5. The lowest BCUT2D eigenvalue weighted by Gasteiger charge is -2.11. The van der Waals surface area contributed by atoms with Crippen LogP contribution in [0.5, 0.6) is 11.5 Å². The van der Waals surface area contributed by atoms with E-state index in [4.69, 9.17) is 14.1 Å². The summed E-state index contributed by atoms with van der Waals surface area (Å²) in [7, 11) is 0. The third kappa shape index (κ3) is 3.43. The Balaban J connectivity index is 1.77. The zero-order chi connectivity index (χ0) is 17.3. The van der Waals surface area contributed by atoms with Gasteiger partial charge in [0.15, 0.2) is 11.6 Å². The van der Waals surface area contributed by atoms with Crippen LogP contribution in [0.25, 0.3) is 0 Å². The molecule has 2 aromatic rings. The molecule has 0 saturated heterocycles. The number of esters is 1. The van der Waals surface area contributed by atoms with Crippen LogP contribution in [0, 0.1) is 5.82 Å².